The van der Waals surface area contributed by atoms with Crippen LogP contribution >= 0.6 is 0 Å². The number of likely N-dealkylation sites (tertiary alicyclic amines) is 1. The number of nitrogen functional groups attached to an aromatic ring is 1. The van der Waals surface area contributed by atoms with Gasteiger partial charge in [0.1, 0.15) is 6.61 Å². The fourth-order valence-electron chi connectivity index (χ4n) is 1.98. The summed E-state index contributed by atoms with van der Waals surface area (Å²) in [5.74, 6) is -2.12. The van der Waals surface area contributed by atoms with Crippen molar-refractivity contribution in [2.24, 2.45) is 0 Å². The lowest BCUT2D eigenvalue weighted by atomic mass is 10.3. The van der Waals surface area contributed by atoms with Crippen LogP contribution in [0, 0.1) is 11.6 Å². The molecule has 2 rings (SSSR count). The molecule has 5 heteroatoms. The largest absolute Gasteiger partial charge is 0.487 e. The van der Waals surface area contributed by atoms with Crippen molar-refractivity contribution in [2.45, 2.75) is 12.8 Å². The average molecular weight is 242 g/mol. The van der Waals surface area contributed by atoms with Crippen molar-refractivity contribution in [3.8, 4) is 5.75 Å². The van der Waals surface area contributed by atoms with Crippen molar-refractivity contribution in [2.75, 3.05) is 32.0 Å². The zero-order valence-electron chi connectivity index (χ0n) is 9.59. The molecular formula is C12H16F2N2O. The smallest absolute Gasteiger partial charge is 0.202 e. The van der Waals surface area contributed by atoms with Gasteiger partial charge in [0, 0.05) is 6.54 Å². The Morgan fingerprint density at radius 1 is 1.24 bits per heavy atom. The third kappa shape index (κ3) is 2.85. The average Bonchev–Trinajstić information content (AvgIpc) is 2.81. The lowest BCUT2D eigenvalue weighted by Gasteiger charge is -2.16. The fourth-order valence-corrected chi connectivity index (χ4v) is 1.98. The first kappa shape index (κ1) is 12.1. The van der Waals surface area contributed by atoms with E-state index in [1.165, 1.54) is 18.9 Å². The first-order valence-electron chi connectivity index (χ1n) is 5.77. The molecule has 0 bridgehead atoms. The van der Waals surface area contributed by atoms with Crippen molar-refractivity contribution < 1.29 is 13.5 Å². The van der Waals surface area contributed by atoms with Gasteiger partial charge in [-0.2, -0.15) is 4.39 Å². The van der Waals surface area contributed by atoms with Crippen LogP contribution in [0.1, 0.15) is 12.8 Å². The Labute approximate surface area is 99.2 Å². The third-order valence-electron chi connectivity index (χ3n) is 2.93. The summed E-state index contributed by atoms with van der Waals surface area (Å²) in [6, 6.07) is 2.31. The van der Waals surface area contributed by atoms with Gasteiger partial charge in [0.2, 0.25) is 5.82 Å². The Hall–Kier alpha value is -1.36. The van der Waals surface area contributed by atoms with Crippen LogP contribution in [0.4, 0.5) is 14.5 Å². The summed E-state index contributed by atoms with van der Waals surface area (Å²) in [6.45, 7) is 3.13. The Balaban J connectivity index is 1.91. The zero-order chi connectivity index (χ0) is 12.3. The zero-order valence-corrected chi connectivity index (χ0v) is 9.59. The lowest BCUT2D eigenvalue weighted by Crippen LogP contribution is -2.25. The molecular weight excluding hydrogens is 226 g/mol. The number of anilines is 1. The van der Waals surface area contributed by atoms with Crippen molar-refractivity contribution in [3.05, 3.63) is 23.8 Å². The molecule has 1 saturated heterocycles. The second kappa shape index (κ2) is 5.31. The van der Waals surface area contributed by atoms with Gasteiger partial charge in [0.25, 0.3) is 0 Å². The van der Waals surface area contributed by atoms with Crippen LogP contribution in [-0.4, -0.2) is 31.1 Å². The molecule has 3 nitrogen and oxygen atoms in total. The van der Waals surface area contributed by atoms with E-state index >= 15 is 0 Å². The Bertz CT molecular complexity index is 392. The molecule has 0 aliphatic carbocycles. The summed E-state index contributed by atoms with van der Waals surface area (Å²) < 4.78 is 31.6. The van der Waals surface area contributed by atoms with E-state index in [4.69, 9.17) is 10.5 Å². The second-order valence-corrected chi connectivity index (χ2v) is 4.18. The maximum Gasteiger partial charge on any atom is 0.202 e. The molecule has 1 aromatic carbocycles. The number of halogens is 2. The van der Waals surface area contributed by atoms with Crippen LogP contribution in [0.3, 0.4) is 0 Å². The molecule has 0 saturated carbocycles. The number of nitrogens with two attached hydrogens (primary N) is 1. The number of hydrogen-bond acceptors (Lipinski definition) is 3. The number of hydrogen-bond donors (Lipinski definition) is 1. The molecule has 0 radical (unpaired) electrons. The minimum atomic E-state index is -1.01. The van der Waals surface area contributed by atoms with E-state index in [0.717, 1.165) is 25.7 Å². The predicted octanol–water partition coefficient (Wildman–Crippen LogP) is 2.02. The first-order chi connectivity index (χ1) is 8.18. The van der Waals surface area contributed by atoms with Gasteiger partial charge >= 0.3 is 0 Å². The first-order valence-corrected chi connectivity index (χ1v) is 5.77. The van der Waals surface area contributed by atoms with Gasteiger partial charge in [-0.05, 0) is 38.1 Å². The maximum atomic E-state index is 13.4. The predicted molar refractivity (Wildman–Crippen MR) is 61.9 cm³/mol. The third-order valence-corrected chi connectivity index (χ3v) is 2.93. The molecule has 17 heavy (non-hydrogen) atoms. The van der Waals surface area contributed by atoms with Gasteiger partial charge in [0.05, 0.1) is 5.69 Å². The van der Waals surface area contributed by atoms with E-state index in [1.807, 2.05) is 0 Å². The molecule has 1 aliphatic rings. The van der Waals surface area contributed by atoms with E-state index < -0.39 is 11.6 Å². The molecule has 1 aliphatic heterocycles. The number of rotatable bonds is 4. The highest BCUT2D eigenvalue weighted by Crippen LogP contribution is 2.27. The highest BCUT2D eigenvalue weighted by molar-refractivity contribution is 5.53. The van der Waals surface area contributed by atoms with Gasteiger partial charge in [-0.15, -0.1) is 0 Å². The summed E-state index contributed by atoms with van der Waals surface area (Å²) >= 11 is 0. The summed E-state index contributed by atoms with van der Waals surface area (Å²) in [5, 5.41) is 0. The SMILES string of the molecule is Nc1ccc(F)c(F)c1OCCN1CCCC1. The van der Waals surface area contributed by atoms with Crippen LogP contribution in [0.5, 0.6) is 5.75 Å². The Kier molecular flexibility index (Phi) is 3.78. The van der Waals surface area contributed by atoms with Crippen LogP contribution < -0.4 is 10.5 Å². The summed E-state index contributed by atoms with van der Waals surface area (Å²) in [5.41, 5.74) is 5.67. The van der Waals surface area contributed by atoms with Crippen molar-refractivity contribution in [1.82, 2.24) is 4.90 Å². The Morgan fingerprint density at radius 2 is 1.94 bits per heavy atom. The fraction of sp³-hybridized carbons (Fsp3) is 0.500. The van der Waals surface area contributed by atoms with E-state index in [2.05, 4.69) is 4.90 Å². The summed E-state index contributed by atoms with van der Waals surface area (Å²) in [4.78, 5) is 2.23. The Morgan fingerprint density at radius 3 is 2.65 bits per heavy atom. The second-order valence-electron chi connectivity index (χ2n) is 4.18. The molecule has 0 amide bonds. The maximum absolute atomic E-state index is 13.4. The van der Waals surface area contributed by atoms with Crippen molar-refractivity contribution in [3.63, 3.8) is 0 Å². The van der Waals surface area contributed by atoms with E-state index in [0.29, 0.717) is 6.61 Å². The highest BCUT2D eigenvalue weighted by atomic mass is 19.2. The van der Waals surface area contributed by atoms with Crippen LogP contribution in [0.15, 0.2) is 12.1 Å². The van der Waals surface area contributed by atoms with E-state index in [1.54, 1.807) is 0 Å². The molecule has 2 N–H and O–H groups in total. The highest BCUT2D eigenvalue weighted by Gasteiger charge is 2.15. The molecule has 0 unspecified atom stereocenters. The van der Waals surface area contributed by atoms with Gasteiger partial charge in [-0.25, -0.2) is 4.39 Å². The van der Waals surface area contributed by atoms with E-state index in [9.17, 15) is 8.78 Å². The topological polar surface area (TPSA) is 38.5 Å². The molecule has 0 spiro atoms. The van der Waals surface area contributed by atoms with Crippen LogP contribution in [-0.2, 0) is 0 Å². The van der Waals surface area contributed by atoms with Gasteiger partial charge in [-0.1, -0.05) is 0 Å². The summed E-state index contributed by atoms with van der Waals surface area (Å²) in [6.07, 6.45) is 2.38. The number of ether oxygens (including phenoxy) is 1. The van der Waals surface area contributed by atoms with Crippen LogP contribution in [0.25, 0.3) is 0 Å². The lowest BCUT2D eigenvalue weighted by molar-refractivity contribution is 0.230. The van der Waals surface area contributed by atoms with Gasteiger partial charge < -0.3 is 10.5 Å². The van der Waals surface area contributed by atoms with Gasteiger partial charge in [-0.3, -0.25) is 4.90 Å². The molecule has 1 fully saturated rings. The molecule has 0 aromatic heterocycles. The normalized spacial score (nSPS) is 16.4. The van der Waals surface area contributed by atoms with Gasteiger partial charge in [0.15, 0.2) is 11.6 Å². The number of nitrogens with zero attached hydrogens (tertiary/aromatic N) is 1. The molecule has 94 valence electrons. The monoisotopic (exact) mass is 242 g/mol. The van der Waals surface area contributed by atoms with Crippen molar-refractivity contribution in [1.29, 1.82) is 0 Å². The van der Waals surface area contributed by atoms with Crippen LogP contribution in [0.2, 0.25) is 0 Å². The number of benzene rings is 1. The van der Waals surface area contributed by atoms with E-state index in [-0.39, 0.29) is 11.4 Å². The van der Waals surface area contributed by atoms with Crippen molar-refractivity contribution >= 4 is 5.69 Å². The molecule has 0 atom stereocenters. The minimum Gasteiger partial charge on any atom is -0.487 e. The summed E-state index contributed by atoms with van der Waals surface area (Å²) in [7, 11) is 0. The quantitative estimate of drug-likeness (QED) is 0.821. The minimum absolute atomic E-state index is 0.130. The molecule has 1 heterocycles. The molecule has 1 aromatic rings. The standard InChI is InChI=1S/C12H16F2N2O/c13-9-3-4-10(15)12(11(9)14)17-8-7-16-5-1-2-6-16/h3-4H,1-2,5-8,15H2.